The fraction of sp³-hybridized carbons (Fsp3) is 0.800. The molecule has 1 N–H and O–H groups in total. The van der Waals surface area contributed by atoms with E-state index in [0.717, 1.165) is 0 Å². The average Bonchev–Trinajstić information content (AvgIpc) is 3.15. The van der Waals surface area contributed by atoms with E-state index in [1.54, 1.807) is 0 Å². The van der Waals surface area contributed by atoms with Crippen LogP contribution in [0.1, 0.15) is 6.42 Å². The lowest BCUT2D eigenvalue weighted by Gasteiger charge is -2.21. The summed E-state index contributed by atoms with van der Waals surface area (Å²) in [4.78, 5) is 22.8. The summed E-state index contributed by atoms with van der Waals surface area (Å²) in [5, 5.41) is 5.61. The van der Waals surface area contributed by atoms with Gasteiger partial charge in [-0.1, -0.05) is 5.04 Å². The fourth-order valence-corrected chi connectivity index (χ4v) is 4.74. The van der Waals surface area contributed by atoms with Gasteiger partial charge < -0.3 is 14.2 Å². The van der Waals surface area contributed by atoms with Crippen LogP contribution in [0.5, 0.6) is 0 Å². The van der Waals surface area contributed by atoms with Gasteiger partial charge in [0.15, 0.2) is 12.7 Å². The van der Waals surface area contributed by atoms with E-state index in [4.69, 9.17) is 18.9 Å². The number of halogens is 2. The predicted molar refractivity (Wildman–Crippen MR) is 69.0 cm³/mol. The molecule has 0 spiro atoms. The lowest BCUT2D eigenvalue weighted by Crippen LogP contribution is -2.42. The third-order valence-electron chi connectivity index (χ3n) is 3.79. The van der Waals surface area contributed by atoms with Crippen LogP contribution in [0, 0.1) is 0 Å². The van der Waals surface area contributed by atoms with Crippen molar-refractivity contribution in [2.75, 3.05) is 6.61 Å². The van der Waals surface area contributed by atoms with Crippen LogP contribution in [0.15, 0.2) is 0 Å². The molecule has 15 heteroatoms. The molecule has 3 rings (SSSR count). The fourth-order valence-electron chi connectivity index (χ4n) is 2.85. The van der Waals surface area contributed by atoms with Crippen molar-refractivity contribution in [3.8, 4) is 0 Å². The van der Waals surface area contributed by atoms with E-state index >= 15 is 0 Å². The molecular weight excluding hydrogens is 398 g/mol. The zero-order valence-corrected chi connectivity index (χ0v) is 13.5. The predicted octanol–water partition coefficient (Wildman–Crippen LogP) is -0.628. The lowest BCUT2D eigenvalue weighted by atomic mass is 9.94. The van der Waals surface area contributed by atoms with E-state index in [2.05, 4.69) is 14.1 Å². The number of hydrogen-bond donors (Lipinski definition) is 1. The second-order valence-corrected chi connectivity index (χ2v) is 7.84. The largest absolute Gasteiger partial charge is 0.454 e. The monoisotopic (exact) mass is 408 g/mol. The van der Waals surface area contributed by atoms with Gasteiger partial charge in [-0.15, -0.1) is 4.33 Å². The average molecular weight is 408 g/mol. The summed E-state index contributed by atoms with van der Waals surface area (Å²) in [7, 11) is -3.80. The Hall–Kier alpha value is -1.10. The maximum absolute atomic E-state index is 13.1. The van der Waals surface area contributed by atoms with Gasteiger partial charge in [0.1, 0.15) is 29.5 Å². The first-order valence-electron chi connectivity index (χ1n) is 6.64. The topological polar surface area (TPSA) is 144 Å². The van der Waals surface area contributed by atoms with Crippen molar-refractivity contribution in [1.29, 1.82) is 0 Å². The summed E-state index contributed by atoms with van der Waals surface area (Å²) in [6, 6.07) is 0. The van der Waals surface area contributed by atoms with E-state index < -0.39 is 75.6 Å². The lowest BCUT2D eigenvalue weighted by molar-refractivity contribution is -0.433. The quantitative estimate of drug-likeness (QED) is 0.188. The maximum atomic E-state index is 13.1. The Bertz CT molecular complexity index is 668. The molecule has 0 aliphatic carbocycles. The van der Waals surface area contributed by atoms with Crippen LogP contribution in [-0.2, 0) is 47.5 Å². The van der Waals surface area contributed by atoms with E-state index in [1.165, 1.54) is 0 Å². The number of alkyl halides is 2. The van der Waals surface area contributed by atoms with Crippen LogP contribution < -0.4 is 0 Å². The molecule has 0 amide bonds. The Morgan fingerprint density at radius 3 is 2.72 bits per heavy atom. The molecule has 0 aromatic rings. The third kappa shape index (κ3) is 3.44. The number of carbonyl (C=O) groups is 2. The van der Waals surface area contributed by atoms with Crippen molar-refractivity contribution in [3.63, 3.8) is 0 Å². The standard InChI is InChI=1S/C10H10F2O11S2/c11-10(12,24-23-22-15)9(14)18-2-5(13)20-6-3-1-4-7(19-3)8(6)21-25(4,16)17/h3-4,6-8,15H,1-2H2. The number of rotatable bonds is 7. The highest BCUT2D eigenvalue weighted by Crippen LogP contribution is 2.47. The van der Waals surface area contributed by atoms with Crippen LogP contribution in [0.4, 0.5) is 8.78 Å². The highest BCUT2D eigenvalue weighted by molar-refractivity contribution is 7.96. The SMILES string of the molecule is O=C(COC(=O)C(F)(F)SOOO)OC1C2CC3C(O2)C1OS3(=O)=O. The Morgan fingerprint density at radius 1 is 1.32 bits per heavy atom. The molecule has 0 saturated carbocycles. The van der Waals surface area contributed by atoms with Crippen LogP contribution in [-0.4, -0.2) is 67.1 Å². The number of carbonyl (C=O) groups excluding carboxylic acids is 2. The summed E-state index contributed by atoms with van der Waals surface area (Å²) < 4.78 is 72.2. The molecule has 2 bridgehead atoms. The van der Waals surface area contributed by atoms with Gasteiger partial charge in [-0.2, -0.15) is 17.2 Å². The van der Waals surface area contributed by atoms with Crippen LogP contribution >= 0.6 is 12.0 Å². The molecular formula is C10H10F2O11S2. The molecule has 3 saturated heterocycles. The number of ether oxygens (including phenoxy) is 3. The van der Waals surface area contributed by atoms with Gasteiger partial charge in [0.05, 0.1) is 6.10 Å². The molecule has 5 atom stereocenters. The highest BCUT2D eigenvalue weighted by Gasteiger charge is 2.67. The van der Waals surface area contributed by atoms with E-state index in [1.807, 2.05) is 0 Å². The summed E-state index contributed by atoms with van der Waals surface area (Å²) in [5.41, 5.74) is 0. The van der Waals surface area contributed by atoms with Gasteiger partial charge >= 0.3 is 17.2 Å². The van der Waals surface area contributed by atoms with Crippen molar-refractivity contribution in [1.82, 2.24) is 0 Å². The third-order valence-corrected chi connectivity index (χ3v) is 5.99. The Kier molecular flexibility index (Phi) is 4.91. The zero-order valence-electron chi connectivity index (χ0n) is 11.9. The normalized spacial score (nSPS) is 34.9. The maximum Gasteiger partial charge on any atom is 0.415 e. The molecule has 0 aromatic heterocycles. The first-order valence-corrected chi connectivity index (χ1v) is 8.85. The van der Waals surface area contributed by atoms with Crippen molar-refractivity contribution in [3.05, 3.63) is 0 Å². The highest BCUT2D eigenvalue weighted by atomic mass is 32.2. The van der Waals surface area contributed by atoms with Crippen LogP contribution in [0.25, 0.3) is 0 Å². The van der Waals surface area contributed by atoms with E-state index in [-0.39, 0.29) is 6.42 Å². The van der Waals surface area contributed by atoms with E-state index in [0.29, 0.717) is 0 Å². The van der Waals surface area contributed by atoms with Crippen molar-refractivity contribution in [2.45, 2.75) is 41.3 Å². The molecule has 3 aliphatic heterocycles. The second kappa shape index (κ2) is 6.57. The number of hydrogen-bond acceptors (Lipinski definition) is 12. The van der Waals surface area contributed by atoms with Gasteiger partial charge in [-0.25, -0.2) is 14.8 Å². The molecule has 0 aromatic carbocycles. The second-order valence-electron chi connectivity index (χ2n) is 5.24. The van der Waals surface area contributed by atoms with Gasteiger partial charge in [0, 0.05) is 0 Å². The molecule has 25 heavy (non-hydrogen) atoms. The smallest absolute Gasteiger partial charge is 0.415 e. The van der Waals surface area contributed by atoms with Crippen LogP contribution in [0.2, 0.25) is 0 Å². The summed E-state index contributed by atoms with van der Waals surface area (Å²) >= 11 is -0.848. The van der Waals surface area contributed by atoms with Gasteiger partial charge in [0.25, 0.3) is 10.1 Å². The first kappa shape index (κ1) is 18.7. The van der Waals surface area contributed by atoms with E-state index in [9.17, 15) is 26.8 Å². The number of esters is 2. The van der Waals surface area contributed by atoms with Gasteiger partial charge in [0.2, 0.25) is 0 Å². The minimum atomic E-state index is -4.26. The Balaban J connectivity index is 1.50. The summed E-state index contributed by atoms with van der Waals surface area (Å²) in [5.74, 6) is -3.34. The molecule has 3 aliphatic rings. The molecule has 3 fully saturated rings. The molecule has 0 radical (unpaired) electrons. The Morgan fingerprint density at radius 2 is 2.04 bits per heavy atom. The minimum absolute atomic E-state index is 0.0778. The van der Waals surface area contributed by atoms with Crippen LogP contribution in [0.3, 0.4) is 0 Å². The molecule has 3 heterocycles. The first-order chi connectivity index (χ1) is 11.7. The molecule has 5 unspecified atom stereocenters. The Labute approximate surface area is 142 Å². The van der Waals surface area contributed by atoms with Crippen molar-refractivity contribution >= 4 is 34.1 Å². The summed E-state index contributed by atoms with van der Waals surface area (Å²) in [6.45, 7) is -1.16. The van der Waals surface area contributed by atoms with Crippen molar-refractivity contribution < 1.29 is 59.8 Å². The number of fused-ring (bicyclic) bond motifs is 1. The minimum Gasteiger partial charge on any atom is -0.454 e. The summed E-state index contributed by atoms with van der Waals surface area (Å²) in [6.07, 6.45) is -3.45. The van der Waals surface area contributed by atoms with Gasteiger partial charge in [-0.3, -0.25) is 4.18 Å². The molecule has 11 nitrogen and oxygen atoms in total. The zero-order chi connectivity index (χ0) is 18.4. The van der Waals surface area contributed by atoms with Crippen molar-refractivity contribution in [2.24, 2.45) is 0 Å². The van der Waals surface area contributed by atoms with Gasteiger partial charge in [-0.05, 0) is 6.42 Å². The molecule has 142 valence electrons.